The van der Waals surface area contributed by atoms with Crippen LogP contribution in [0.5, 0.6) is 0 Å². The average molecular weight is 481 g/mol. The molecule has 0 unspecified atom stereocenters. The van der Waals surface area contributed by atoms with Gasteiger partial charge in [-0.1, -0.05) is 60.2 Å². The first-order valence-corrected chi connectivity index (χ1v) is 12.4. The molecule has 0 bridgehead atoms. The fourth-order valence-electron chi connectivity index (χ4n) is 3.56. The standard InChI is InChI=1S/C25H21FN2O3S2/c1-15-12-13-20(16(2)14-15)33(30,31)24-21(27)23(22(29)17-8-4-3-5-9-17)32-25(24)28-19-11-7-6-10-18(19)26/h3-14,28H,27H2,1-2H3. The summed E-state index contributed by atoms with van der Waals surface area (Å²) in [6, 6.07) is 19.3. The van der Waals surface area contributed by atoms with Gasteiger partial charge in [-0.05, 0) is 37.6 Å². The van der Waals surface area contributed by atoms with E-state index in [0.717, 1.165) is 16.9 Å². The number of nitrogen functional groups attached to an aromatic ring is 1. The molecule has 0 aliphatic heterocycles. The zero-order valence-corrected chi connectivity index (χ0v) is 19.6. The summed E-state index contributed by atoms with van der Waals surface area (Å²) in [7, 11) is -4.13. The molecule has 0 atom stereocenters. The van der Waals surface area contributed by atoms with Crippen molar-refractivity contribution in [2.45, 2.75) is 23.6 Å². The van der Waals surface area contributed by atoms with Crippen molar-refractivity contribution in [1.82, 2.24) is 0 Å². The van der Waals surface area contributed by atoms with Crippen molar-refractivity contribution in [2.75, 3.05) is 11.1 Å². The molecule has 4 rings (SSSR count). The fourth-order valence-corrected chi connectivity index (χ4v) is 6.71. The van der Waals surface area contributed by atoms with Gasteiger partial charge in [0, 0.05) is 5.56 Å². The number of ketones is 1. The first-order chi connectivity index (χ1) is 15.7. The van der Waals surface area contributed by atoms with E-state index in [0.29, 0.717) is 11.1 Å². The molecule has 5 nitrogen and oxygen atoms in total. The lowest BCUT2D eigenvalue weighted by atomic mass is 10.1. The second-order valence-electron chi connectivity index (χ2n) is 7.58. The first kappa shape index (κ1) is 22.7. The third kappa shape index (κ3) is 4.27. The summed E-state index contributed by atoms with van der Waals surface area (Å²) in [5.74, 6) is -0.966. The van der Waals surface area contributed by atoms with Crippen molar-refractivity contribution >= 4 is 43.3 Å². The highest BCUT2D eigenvalue weighted by atomic mass is 32.2. The smallest absolute Gasteiger partial charge is 0.211 e. The maximum Gasteiger partial charge on any atom is 0.211 e. The van der Waals surface area contributed by atoms with Crippen molar-refractivity contribution in [3.8, 4) is 0 Å². The highest BCUT2D eigenvalue weighted by Gasteiger charge is 2.32. The number of sulfone groups is 1. The molecule has 4 aromatic rings. The third-order valence-electron chi connectivity index (χ3n) is 5.15. The van der Waals surface area contributed by atoms with Crippen molar-refractivity contribution in [3.63, 3.8) is 0 Å². The van der Waals surface area contributed by atoms with E-state index in [1.165, 1.54) is 24.3 Å². The molecule has 0 saturated carbocycles. The Morgan fingerprint density at radius 2 is 1.64 bits per heavy atom. The van der Waals surface area contributed by atoms with Crippen molar-refractivity contribution in [2.24, 2.45) is 0 Å². The van der Waals surface area contributed by atoms with Crippen molar-refractivity contribution in [3.05, 3.63) is 100 Å². The number of hydrogen-bond donors (Lipinski definition) is 2. The predicted octanol–water partition coefficient (Wildman–Crippen LogP) is 5.89. The Hall–Kier alpha value is -3.49. The van der Waals surface area contributed by atoms with Gasteiger partial charge in [-0.2, -0.15) is 0 Å². The zero-order chi connectivity index (χ0) is 23.8. The minimum Gasteiger partial charge on any atom is -0.396 e. The second-order valence-corrected chi connectivity index (χ2v) is 10.5. The molecule has 1 aromatic heterocycles. The van der Waals surface area contributed by atoms with E-state index < -0.39 is 21.4 Å². The van der Waals surface area contributed by atoms with Crippen LogP contribution < -0.4 is 11.1 Å². The molecule has 3 aromatic carbocycles. The van der Waals surface area contributed by atoms with Crippen LogP contribution in [-0.4, -0.2) is 14.2 Å². The monoisotopic (exact) mass is 480 g/mol. The van der Waals surface area contributed by atoms with Crippen LogP contribution in [0.4, 0.5) is 20.8 Å². The Morgan fingerprint density at radius 3 is 2.30 bits per heavy atom. The van der Waals surface area contributed by atoms with Crippen LogP contribution >= 0.6 is 11.3 Å². The van der Waals surface area contributed by atoms with Crippen LogP contribution in [0.3, 0.4) is 0 Å². The number of para-hydroxylation sites is 1. The summed E-state index contributed by atoms with van der Waals surface area (Å²) < 4.78 is 41.8. The summed E-state index contributed by atoms with van der Waals surface area (Å²) in [6.07, 6.45) is 0. The largest absolute Gasteiger partial charge is 0.396 e. The molecule has 0 spiro atoms. The summed E-state index contributed by atoms with van der Waals surface area (Å²) in [5, 5.41) is 2.93. The van der Waals surface area contributed by atoms with Crippen LogP contribution in [0.2, 0.25) is 0 Å². The second kappa shape index (κ2) is 8.80. The fraction of sp³-hybridized carbons (Fsp3) is 0.0800. The molecule has 0 saturated heterocycles. The van der Waals surface area contributed by atoms with E-state index >= 15 is 0 Å². The number of benzene rings is 3. The van der Waals surface area contributed by atoms with E-state index in [1.54, 1.807) is 55.5 Å². The van der Waals surface area contributed by atoms with Gasteiger partial charge in [-0.15, -0.1) is 11.3 Å². The van der Waals surface area contributed by atoms with Gasteiger partial charge in [0.1, 0.15) is 20.6 Å². The lowest BCUT2D eigenvalue weighted by molar-refractivity contribution is 0.104. The van der Waals surface area contributed by atoms with Crippen LogP contribution in [0.25, 0.3) is 0 Å². The third-order valence-corrected chi connectivity index (χ3v) is 8.40. The predicted molar refractivity (Wildman–Crippen MR) is 130 cm³/mol. The zero-order valence-electron chi connectivity index (χ0n) is 17.9. The molecular formula is C25H21FN2O3S2. The average Bonchev–Trinajstić information content (AvgIpc) is 3.11. The molecule has 0 radical (unpaired) electrons. The lowest BCUT2D eigenvalue weighted by Crippen LogP contribution is -2.09. The van der Waals surface area contributed by atoms with Gasteiger partial charge in [0.15, 0.2) is 0 Å². The van der Waals surface area contributed by atoms with Gasteiger partial charge in [0.05, 0.1) is 16.3 Å². The number of carbonyl (C=O) groups excluding carboxylic acids is 1. The first-order valence-electron chi connectivity index (χ1n) is 10.1. The summed E-state index contributed by atoms with van der Waals surface area (Å²) >= 11 is 0.892. The molecule has 8 heteroatoms. The van der Waals surface area contributed by atoms with Crippen LogP contribution in [-0.2, 0) is 9.84 Å². The number of aryl methyl sites for hydroxylation is 2. The number of nitrogens with one attached hydrogen (secondary N) is 1. The number of carbonyl (C=O) groups is 1. The van der Waals surface area contributed by atoms with E-state index in [9.17, 15) is 17.6 Å². The van der Waals surface area contributed by atoms with Gasteiger partial charge in [-0.3, -0.25) is 4.79 Å². The molecule has 168 valence electrons. The molecular weight excluding hydrogens is 459 g/mol. The number of anilines is 3. The minimum absolute atomic E-state index is 0.0726. The Balaban J connectivity index is 1.93. The van der Waals surface area contributed by atoms with Gasteiger partial charge in [0.25, 0.3) is 0 Å². The molecule has 0 fully saturated rings. The van der Waals surface area contributed by atoms with E-state index in [2.05, 4.69) is 5.32 Å². The highest BCUT2D eigenvalue weighted by molar-refractivity contribution is 7.92. The Morgan fingerprint density at radius 1 is 0.970 bits per heavy atom. The maximum absolute atomic E-state index is 14.4. The summed E-state index contributed by atoms with van der Waals surface area (Å²) in [4.78, 5) is 13.1. The maximum atomic E-state index is 14.4. The van der Waals surface area contributed by atoms with Gasteiger partial charge < -0.3 is 11.1 Å². The van der Waals surface area contributed by atoms with Gasteiger partial charge in [0.2, 0.25) is 15.6 Å². The number of thiophene rings is 1. The van der Waals surface area contributed by atoms with Crippen molar-refractivity contribution < 1.29 is 17.6 Å². The highest BCUT2D eigenvalue weighted by Crippen LogP contribution is 2.44. The van der Waals surface area contributed by atoms with Crippen molar-refractivity contribution in [1.29, 1.82) is 0 Å². The Kier molecular flexibility index (Phi) is 6.05. The Labute approximate surface area is 195 Å². The van der Waals surface area contributed by atoms with Gasteiger partial charge >= 0.3 is 0 Å². The number of hydrogen-bond acceptors (Lipinski definition) is 6. The summed E-state index contributed by atoms with van der Waals surface area (Å²) in [6.45, 7) is 3.56. The molecule has 0 aliphatic carbocycles. The quantitative estimate of drug-likeness (QED) is 0.336. The molecule has 1 heterocycles. The van der Waals surface area contributed by atoms with E-state index in [1.807, 2.05) is 6.92 Å². The van der Waals surface area contributed by atoms with E-state index in [-0.39, 0.29) is 31.0 Å². The minimum atomic E-state index is -4.13. The van der Waals surface area contributed by atoms with Crippen LogP contribution in [0.1, 0.15) is 26.4 Å². The number of halogens is 1. The number of nitrogens with two attached hydrogens (primary N) is 1. The normalized spacial score (nSPS) is 11.4. The van der Waals surface area contributed by atoms with E-state index in [4.69, 9.17) is 5.73 Å². The molecule has 3 N–H and O–H groups in total. The topological polar surface area (TPSA) is 89.3 Å². The SMILES string of the molecule is Cc1ccc(S(=O)(=O)c2c(Nc3ccccc3F)sc(C(=O)c3ccccc3)c2N)c(C)c1. The van der Waals surface area contributed by atoms with Crippen LogP contribution in [0, 0.1) is 19.7 Å². The van der Waals surface area contributed by atoms with Gasteiger partial charge in [-0.25, -0.2) is 12.8 Å². The molecule has 0 aliphatic rings. The number of rotatable bonds is 6. The molecule has 0 amide bonds. The Bertz CT molecular complexity index is 1460. The summed E-state index contributed by atoms with van der Waals surface area (Å²) in [5.41, 5.74) is 8.07. The molecule has 33 heavy (non-hydrogen) atoms. The lowest BCUT2D eigenvalue weighted by Gasteiger charge is -2.12. The van der Waals surface area contributed by atoms with Crippen LogP contribution in [0.15, 0.2) is 82.6 Å².